The molecule has 0 radical (unpaired) electrons. The molecule has 3 aromatic rings. The number of rotatable bonds is 6. The molecule has 3 rings (SSSR count). The van der Waals surface area contributed by atoms with Crippen LogP contribution in [0.3, 0.4) is 0 Å². The number of hydrogen-bond acceptors (Lipinski definition) is 7. The van der Waals surface area contributed by atoms with E-state index < -0.39 is 5.97 Å². The standard InChI is InChI=1S/C21H23N3O3S2/c1-6-27-20(26)19-14(5)22-21(29-19)23-16(25)10-28-17-9-12(3)15-8-11(2)7-13(4)18(15)24-17/h7-9H,6,10H2,1-5H3,(H,22,23,25). The fourth-order valence-corrected chi connectivity index (χ4v) is 4.66. The molecule has 1 amide bonds. The van der Waals surface area contributed by atoms with Crippen LogP contribution < -0.4 is 5.32 Å². The number of esters is 1. The number of thiazole rings is 1. The van der Waals surface area contributed by atoms with E-state index in [4.69, 9.17) is 9.72 Å². The Morgan fingerprint density at radius 1 is 1.10 bits per heavy atom. The Kier molecular flexibility index (Phi) is 6.54. The molecule has 0 saturated heterocycles. The molecule has 0 fully saturated rings. The van der Waals surface area contributed by atoms with Gasteiger partial charge in [-0.1, -0.05) is 34.7 Å². The Hall–Kier alpha value is -2.45. The first-order valence-corrected chi connectivity index (χ1v) is 11.0. The lowest BCUT2D eigenvalue weighted by Crippen LogP contribution is -2.14. The molecule has 0 aliphatic carbocycles. The lowest BCUT2D eigenvalue weighted by Gasteiger charge is -2.09. The van der Waals surface area contributed by atoms with Crippen LogP contribution in [0.4, 0.5) is 5.13 Å². The van der Waals surface area contributed by atoms with Crippen LogP contribution in [0, 0.1) is 27.7 Å². The van der Waals surface area contributed by atoms with Crippen molar-refractivity contribution in [3.05, 3.63) is 45.5 Å². The molecular weight excluding hydrogens is 406 g/mol. The first kappa shape index (κ1) is 21.3. The number of aryl methyl sites for hydroxylation is 4. The van der Waals surface area contributed by atoms with Crippen molar-refractivity contribution in [3.8, 4) is 0 Å². The molecule has 0 unspecified atom stereocenters. The van der Waals surface area contributed by atoms with Gasteiger partial charge in [-0.25, -0.2) is 14.8 Å². The molecule has 152 valence electrons. The number of nitrogens with one attached hydrogen (secondary N) is 1. The molecule has 1 N–H and O–H groups in total. The number of hydrogen-bond donors (Lipinski definition) is 1. The number of nitrogens with zero attached hydrogens (tertiary/aromatic N) is 2. The number of fused-ring (bicyclic) bond motifs is 1. The number of anilines is 1. The highest BCUT2D eigenvalue weighted by Crippen LogP contribution is 2.28. The molecule has 0 bridgehead atoms. The number of aromatic nitrogens is 2. The summed E-state index contributed by atoms with van der Waals surface area (Å²) in [6.07, 6.45) is 0. The van der Waals surface area contributed by atoms with Gasteiger partial charge in [0.05, 0.1) is 28.6 Å². The number of pyridine rings is 1. The molecule has 6 nitrogen and oxygen atoms in total. The summed E-state index contributed by atoms with van der Waals surface area (Å²) >= 11 is 2.50. The summed E-state index contributed by atoms with van der Waals surface area (Å²) in [5.41, 5.74) is 4.99. The third-order valence-corrected chi connectivity index (χ3v) is 6.25. The summed E-state index contributed by atoms with van der Waals surface area (Å²) in [5, 5.41) is 5.09. The highest BCUT2D eigenvalue weighted by molar-refractivity contribution is 7.99. The Bertz CT molecular complexity index is 1090. The van der Waals surface area contributed by atoms with E-state index in [2.05, 4.69) is 43.2 Å². The minimum atomic E-state index is -0.418. The second-order valence-corrected chi connectivity index (χ2v) is 8.74. The maximum atomic E-state index is 12.4. The van der Waals surface area contributed by atoms with Crippen LogP contribution in [-0.4, -0.2) is 34.2 Å². The van der Waals surface area contributed by atoms with Crippen LogP contribution in [0.15, 0.2) is 23.2 Å². The number of carbonyl (C=O) groups is 2. The predicted octanol–water partition coefficient (Wildman–Crippen LogP) is 4.83. The maximum Gasteiger partial charge on any atom is 0.350 e. The van der Waals surface area contributed by atoms with Gasteiger partial charge in [-0.05, 0) is 57.9 Å². The quantitative estimate of drug-likeness (QED) is 0.446. The zero-order valence-corrected chi connectivity index (χ0v) is 18.7. The Morgan fingerprint density at radius 2 is 1.86 bits per heavy atom. The monoisotopic (exact) mass is 429 g/mol. The van der Waals surface area contributed by atoms with Crippen LogP contribution in [-0.2, 0) is 9.53 Å². The topological polar surface area (TPSA) is 81.2 Å². The molecule has 0 aliphatic heterocycles. The van der Waals surface area contributed by atoms with Crippen molar-refractivity contribution in [2.45, 2.75) is 39.6 Å². The molecule has 0 saturated carbocycles. The van der Waals surface area contributed by atoms with Crippen molar-refractivity contribution < 1.29 is 14.3 Å². The van der Waals surface area contributed by atoms with Gasteiger partial charge in [0.2, 0.25) is 5.91 Å². The third kappa shape index (κ3) is 4.94. The van der Waals surface area contributed by atoms with E-state index in [1.165, 1.54) is 17.3 Å². The molecular formula is C21H23N3O3S2. The fraction of sp³-hybridized carbons (Fsp3) is 0.333. The zero-order valence-electron chi connectivity index (χ0n) is 17.1. The van der Waals surface area contributed by atoms with Gasteiger partial charge >= 0.3 is 5.97 Å². The Labute approximate surface area is 178 Å². The number of amides is 1. The Balaban J connectivity index is 1.68. The summed E-state index contributed by atoms with van der Waals surface area (Å²) in [6, 6.07) is 6.26. The lowest BCUT2D eigenvalue weighted by atomic mass is 10.0. The second kappa shape index (κ2) is 8.92. The van der Waals surface area contributed by atoms with Crippen LogP contribution in [0.2, 0.25) is 0 Å². The number of carbonyl (C=O) groups excluding carboxylic acids is 2. The number of thioether (sulfide) groups is 1. The zero-order chi connectivity index (χ0) is 21.1. The van der Waals surface area contributed by atoms with Crippen LogP contribution in [0.5, 0.6) is 0 Å². The maximum absolute atomic E-state index is 12.4. The van der Waals surface area contributed by atoms with Crippen molar-refractivity contribution in [3.63, 3.8) is 0 Å². The molecule has 0 spiro atoms. The van der Waals surface area contributed by atoms with E-state index in [-0.39, 0.29) is 11.7 Å². The van der Waals surface area contributed by atoms with Gasteiger partial charge in [0, 0.05) is 5.39 Å². The second-order valence-electron chi connectivity index (χ2n) is 6.75. The summed E-state index contributed by atoms with van der Waals surface area (Å²) in [5.74, 6) is -0.408. The average Bonchev–Trinajstić information content (AvgIpc) is 3.01. The van der Waals surface area contributed by atoms with E-state index in [0.717, 1.165) is 38.4 Å². The smallest absolute Gasteiger partial charge is 0.350 e. The van der Waals surface area contributed by atoms with E-state index in [9.17, 15) is 9.59 Å². The minimum absolute atomic E-state index is 0.195. The van der Waals surface area contributed by atoms with Gasteiger partial charge in [-0.3, -0.25) is 4.79 Å². The normalized spacial score (nSPS) is 10.9. The van der Waals surface area contributed by atoms with Crippen molar-refractivity contribution in [1.82, 2.24) is 9.97 Å². The number of ether oxygens (including phenoxy) is 1. The van der Waals surface area contributed by atoms with E-state index in [1.807, 2.05) is 6.07 Å². The predicted molar refractivity (Wildman–Crippen MR) is 118 cm³/mol. The summed E-state index contributed by atoms with van der Waals surface area (Å²) in [7, 11) is 0. The highest BCUT2D eigenvalue weighted by Gasteiger charge is 2.17. The van der Waals surface area contributed by atoms with Gasteiger partial charge < -0.3 is 10.1 Å². The van der Waals surface area contributed by atoms with Gasteiger partial charge in [-0.15, -0.1) is 0 Å². The van der Waals surface area contributed by atoms with E-state index >= 15 is 0 Å². The summed E-state index contributed by atoms with van der Waals surface area (Å²) in [4.78, 5) is 33.6. The molecule has 2 aromatic heterocycles. The van der Waals surface area contributed by atoms with Gasteiger partial charge in [0.15, 0.2) is 5.13 Å². The van der Waals surface area contributed by atoms with Gasteiger partial charge in [0.1, 0.15) is 4.88 Å². The first-order chi connectivity index (χ1) is 13.8. The molecule has 2 heterocycles. The third-order valence-electron chi connectivity index (χ3n) is 4.29. The van der Waals surface area contributed by atoms with Crippen LogP contribution >= 0.6 is 23.1 Å². The van der Waals surface area contributed by atoms with Crippen molar-refractivity contribution >= 4 is 51.0 Å². The molecule has 8 heteroatoms. The molecule has 1 aromatic carbocycles. The first-order valence-electron chi connectivity index (χ1n) is 9.24. The molecule has 0 atom stereocenters. The van der Waals surface area contributed by atoms with E-state index in [0.29, 0.717) is 22.3 Å². The molecule has 29 heavy (non-hydrogen) atoms. The SMILES string of the molecule is CCOC(=O)c1sc(NC(=O)CSc2cc(C)c3cc(C)cc(C)c3n2)nc1C. The van der Waals surface area contributed by atoms with Gasteiger partial charge in [-0.2, -0.15) is 0 Å². The van der Waals surface area contributed by atoms with Crippen molar-refractivity contribution in [2.24, 2.45) is 0 Å². The average molecular weight is 430 g/mol. The van der Waals surface area contributed by atoms with Crippen LogP contribution in [0.1, 0.15) is 39.0 Å². The van der Waals surface area contributed by atoms with E-state index in [1.54, 1.807) is 13.8 Å². The largest absolute Gasteiger partial charge is 0.462 e. The van der Waals surface area contributed by atoms with Crippen molar-refractivity contribution in [2.75, 3.05) is 17.7 Å². The fourth-order valence-electron chi connectivity index (χ4n) is 3.02. The Morgan fingerprint density at radius 3 is 2.59 bits per heavy atom. The minimum Gasteiger partial charge on any atom is -0.462 e. The van der Waals surface area contributed by atoms with Crippen molar-refractivity contribution in [1.29, 1.82) is 0 Å². The summed E-state index contributed by atoms with van der Waals surface area (Å²) in [6.45, 7) is 9.95. The van der Waals surface area contributed by atoms with Gasteiger partial charge in [0.25, 0.3) is 0 Å². The lowest BCUT2D eigenvalue weighted by molar-refractivity contribution is -0.113. The molecule has 0 aliphatic rings. The number of benzene rings is 1. The highest BCUT2D eigenvalue weighted by atomic mass is 32.2. The summed E-state index contributed by atoms with van der Waals surface area (Å²) < 4.78 is 5.00. The van der Waals surface area contributed by atoms with Crippen LogP contribution in [0.25, 0.3) is 10.9 Å².